The van der Waals surface area contributed by atoms with Gasteiger partial charge in [0.1, 0.15) is 5.02 Å². The molecule has 0 spiro atoms. The van der Waals surface area contributed by atoms with E-state index in [0.29, 0.717) is 11.4 Å². The Morgan fingerprint density at radius 3 is 2.27 bits per heavy atom. The van der Waals surface area contributed by atoms with Crippen LogP contribution in [-0.4, -0.2) is 40.9 Å². The van der Waals surface area contributed by atoms with E-state index in [1.807, 2.05) is 18.2 Å². The molecule has 3 aromatic rings. The summed E-state index contributed by atoms with van der Waals surface area (Å²) >= 11 is 6.43. The molecule has 154 valence electrons. The highest BCUT2D eigenvalue weighted by Crippen LogP contribution is 2.25. The molecule has 2 heterocycles. The van der Waals surface area contributed by atoms with Gasteiger partial charge < -0.3 is 9.80 Å². The summed E-state index contributed by atoms with van der Waals surface area (Å²) in [5, 5.41) is 15.2. The number of para-hydroxylation sites is 1. The van der Waals surface area contributed by atoms with Gasteiger partial charge in [-0.25, -0.2) is 0 Å². The van der Waals surface area contributed by atoms with Crippen LogP contribution in [0.4, 0.5) is 17.1 Å². The SMILES string of the molecule is O=c1c(Cl)c(N2CCCN(c3ccccc3)CC2)cnn1-c1ccc([N+](=O)[O-])cc1. The Labute approximate surface area is 178 Å². The Hall–Kier alpha value is -3.39. The number of nitro benzene ring substituents is 1. The maximum atomic E-state index is 12.8. The second-order valence-corrected chi connectivity index (χ2v) is 7.38. The van der Waals surface area contributed by atoms with E-state index < -0.39 is 10.5 Å². The van der Waals surface area contributed by atoms with Crippen molar-refractivity contribution in [3.8, 4) is 5.69 Å². The summed E-state index contributed by atoms with van der Waals surface area (Å²) in [6, 6.07) is 15.9. The number of hydrogen-bond acceptors (Lipinski definition) is 6. The summed E-state index contributed by atoms with van der Waals surface area (Å²) in [4.78, 5) is 27.6. The van der Waals surface area contributed by atoms with E-state index in [1.165, 1.54) is 30.0 Å². The summed E-state index contributed by atoms with van der Waals surface area (Å²) < 4.78 is 1.16. The second-order valence-electron chi connectivity index (χ2n) is 7.00. The smallest absolute Gasteiger partial charge is 0.292 e. The van der Waals surface area contributed by atoms with Gasteiger partial charge in [-0.1, -0.05) is 29.8 Å². The Bertz CT molecular complexity index is 1100. The van der Waals surface area contributed by atoms with Gasteiger partial charge >= 0.3 is 0 Å². The molecule has 9 heteroatoms. The standard InChI is InChI=1S/C21H20ClN5O3/c22-20-19(25-12-4-11-24(13-14-25)16-5-2-1-3-6-16)15-23-26(21(20)28)17-7-9-18(10-8-17)27(29)30/h1-3,5-10,15H,4,11-14H2. The van der Waals surface area contributed by atoms with Crippen molar-refractivity contribution in [1.82, 2.24) is 9.78 Å². The summed E-state index contributed by atoms with van der Waals surface area (Å²) in [6.45, 7) is 3.22. The van der Waals surface area contributed by atoms with Crippen LogP contribution >= 0.6 is 11.6 Å². The number of nitrogens with zero attached hydrogens (tertiary/aromatic N) is 5. The molecule has 1 saturated heterocycles. The minimum Gasteiger partial charge on any atom is -0.370 e. The highest BCUT2D eigenvalue weighted by Gasteiger charge is 2.20. The first-order valence-corrected chi connectivity index (χ1v) is 10.00. The monoisotopic (exact) mass is 425 g/mol. The molecule has 8 nitrogen and oxygen atoms in total. The zero-order valence-electron chi connectivity index (χ0n) is 16.1. The number of halogens is 1. The largest absolute Gasteiger partial charge is 0.370 e. The predicted molar refractivity (Wildman–Crippen MR) is 117 cm³/mol. The van der Waals surface area contributed by atoms with Crippen molar-refractivity contribution in [2.24, 2.45) is 0 Å². The van der Waals surface area contributed by atoms with Crippen LogP contribution in [0.15, 0.2) is 65.6 Å². The third kappa shape index (κ3) is 3.99. The van der Waals surface area contributed by atoms with E-state index in [1.54, 1.807) is 6.20 Å². The number of aromatic nitrogens is 2. The van der Waals surface area contributed by atoms with Crippen LogP contribution in [0.5, 0.6) is 0 Å². The molecule has 0 saturated carbocycles. The Kier molecular flexibility index (Phi) is 5.67. The lowest BCUT2D eigenvalue weighted by Gasteiger charge is -2.25. The van der Waals surface area contributed by atoms with Crippen molar-refractivity contribution in [1.29, 1.82) is 0 Å². The molecule has 4 rings (SSSR count). The maximum Gasteiger partial charge on any atom is 0.292 e. The molecule has 1 aliphatic heterocycles. The maximum absolute atomic E-state index is 12.8. The van der Waals surface area contributed by atoms with Gasteiger partial charge in [-0.3, -0.25) is 14.9 Å². The minimum atomic E-state index is -0.492. The zero-order valence-corrected chi connectivity index (χ0v) is 16.9. The molecule has 30 heavy (non-hydrogen) atoms. The van der Waals surface area contributed by atoms with Crippen molar-refractivity contribution in [2.75, 3.05) is 36.0 Å². The van der Waals surface area contributed by atoms with E-state index in [2.05, 4.69) is 27.0 Å². The van der Waals surface area contributed by atoms with Gasteiger partial charge in [0.15, 0.2) is 0 Å². The first-order valence-electron chi connectivity index (χ1n) is 9.62. The van der Waals surface area contributed by atoms with Crippen molar-refractivity contribution in [3.63, 3.8) is 0 Å². The highest BCUT2D eigenvalue weighted by molar-refractivity contribution is 6.33. The second kappa shape index (κ2) is 8.54. The molecule has 0 bridgehead atoms. The fraction of sp³-hybridized carbons (Fsp3) is 0.238. The van der Waals surface area contributed by atoms with E-state index >= 15 is 0 Å². The Balaban J connectivity index is 1.56. The van der Waals surface area contributed by atoms with Gasteiger partial charge in [-0.2, -0.15) is 9.78 Å². The van der Waals surface area contributed by atoms with Gasteiger partial charge in [0.25, 0.3) is 11.2 Å². The van der Waals surface area contributed by atoms with Gasteiger partial charge in [0.05, 0.1) is 22.5 Å². The summed E-state index contributed by atoms with van der Waals surface area (Å²) in [6.07, 6.45) is 2.51. The zero-order chi connectivity index (χ0) is 21.1. The number of non-ortho nitro benzene ring substituents is 1. The van der Waals surface area contributed by atoms with Gasteiger partial charge in [0.2, 0.25) is 0 Å². The van der Waals surface area contributed by atoms with Crippen molar-refractivity contribution >= 4 is 28.7 Å². The molecule has 1 aliphatic rings. The van der Waals surface area contributed by atoms with Crippen LogP contribution in [0.2, 0.25) is 5.02 Å². The lowest BCUT2D eigenvalue weighted by molar-refractivity contribution is -0.384. The number of benzene rings is 2. The van der Waals surface area contributed by atoms with Crippen LogP contribution in [0.25, 0.3) is 5.69 Å². The summed E-state index contributed by atoms with van der Waals surface area (Å²) in [7, 11) is 0. The number of anilines is 2. The molecule has 1 fully saturated rings. The molecule has 0 aliphatic carbocycles. The summed E-state index contributed by atoms with van der Waals surface area (Å²) in [5.74, 6) is 0. The molecule has 0 unspecified atom stereocenters. The lowest BCUT2D eigenvalue weighted by atomic mass is 10.3. The van der Waals surface area contributed by atoms with Gasteiger partial charge in [0, 0.05) is 44.0 Å². The highest BCUT2D eigenvalue weighted by atomic mass is 35.5. The van der Waals surface area contributed by atoms with Crippen molar-refractivity contribution in [2.45, 2.75) is 6.42 Å². The predicted octanol–water partition coefficient (Wildman–Crippen LogP) is 3.51. The minimum absolute atomic E-state index is 0.0537. The van der Waals surface area contributed by atoms with Crippen molar-refractivity contribution in [3.05, 3.63) is 86.3 Å². The average molecular weight is 426 g/mol. The van der Waals surface area contributed by atoms with E-state index in [4.69, 9.17) is 11.6 Å². The van der Waals surface area contributed by atoms with Crippen LogP contribution in [0.1, 0.15) is 6.42 Å². The van der Waals surface area contributed by atoms with E-state index in [-0.39, 0.29) is 10.7 Å². The van der Waals surface area contributed by atoms with Crippen LogP contribution in [-0.2, 0) is 0 Å². The summed E-state index contributed by atoms with van der Waals surface area (Å²) in [5.41, 5.74) is 1.70. The van der Waals surface area contributed by atoms with Crippen LogP contribution in [0.3, 0.4) is 0 Å². The molecular weight excluding hydrogens is 406 g/mol. The third-order valence-corrected chi connectivity index (χ3v) is 5.52. The molecular formula is C21H20ClN5O3. The van der Waals surface area contributed by atoms with E-state index in [0.717, 1.165) is 37.3 Å². The van der Waals surface area contributed by atoms with Crippen molar-refractivity contribution < 1.29 is 4.92 Å². The van der Waals surface area contributed by atoms with Gasteiger partial charge in [-0.05, 0) is 30.7 Å². The fourth-order valence-electron chi connectivity index (χ4n) is 3.60. The van der Waals surface area contributed by atoms with Crippen LogP contribution < -0.4 is 15.4 Å². The lowest BCUT2D eigenvalue weighted by Crippen LogP contribution is -2.32. The Morgan fingerprint density at radius 1 is 0.900 bits per heavy atom. The first kappa shape index (κ1) is 19.9. The third-order valence-electron chi connectivity index (χ3n) is 5.16. The molecule has 0 radical (unpaired) electrons. The molecule has 2 aromatic carbocycles. The number of rotatable bonds is 4. The number of hydrogen-bond donors (Lipinski definition) is 0. The molecule has 0 atom stereocenters. The first-order chi connectivity index (χ1) is 14.5. The quantitative estimate of drug-likeness (QED) is 0.469. The Morgan fingerprint density at radius 2 is 1.57 bits per heavy atom. The fourth-order valence-corrected chi connectivity index (χ4v) is 3.85. The van der Waals surface area contributed by atoms with Gasteiger partial charge in [-0.15, -0.1) is 0 Å². The molecule has 1 aromatic heterocycles. The van der Waals surface area contributed by atoms with E-state index in [9.17, 15) is 14.9 Å². The van der Waals surface area contributed by atoms with Crippen LogP contribution in [0, 0.1) is 10.1 Å². The normalized spacial score (nSPS) is 14.4. The topological polar surface area (TPSA) is 84.5 Å². The molecule has 0 N–H and O–H groups in total. The average Bonchev–Trinajstić information content (AvgIpc) is 3.02. The molecule has 0 amide bonds. The number of nitro groups is 1.